The summed E-state index contributed by atoms with van der Waals surface area (Å²) in [7, 11) is 0. The molecule has 1 atom stereocenters. The highest BCUT2D eigenvalue weighted by molar-refractivity contribution is 7.12. The molecule has 0 spiro atoms. The van der Waals surface area contributed by atoms with Gasteiger partial charge in [-0.05, 0) is 43.7 Å². The Hall–Kier alpha value is -2.23. The van der Waals surface area contributed by atoms with Crippen molar-refractivity contribution >= 4 is 40.4 Å². The van der Waals surface area contributed by atoms with Crippen molar-refractivity contribution in [2.24, 2.45) is 5.10 Å². The lowest BCUT2D eigenvalue weighted by molar-refractivity contribution is -0.134. The van der Waals surface area contributed by atoms with E-state index in [-0.39, 0.29) is 18.0 Å². The minimum atomic E-state index is -0.505. The van der Waals surface area contributed by atoms with Gasteiger partial charge in [-0.25, -0.2) is 9.80 Å². The number of piperazine rings is 1. The number of carbonyl (C=O) groups excluding carboxylic acids is 2. The van der Waals surface area contributed by atoms with Crippen LogP contribution >= 0.6 is 22.7 Å². The monoisotopic (exact) mass is 460 g/mol. The fourth-order valence-electron chi connectivity index (χ4n) is 3.71. The molecule has 31 heavy (non-hydrogen) atoms. The third kappa shape index (κ3) is 5.34. The van der Waals surface area contributed by atoms with Crippen molar-refractivity contribution in [3.8, 4) is 0 Å². The molecule has 1 fully saturated rings. The molecule has 1 unspecified atom stereocenters. The lowest BCUT2D eigenvalue weighted by Gasteiger charge is -2.35. The number of thiophene rings is 2. The molecule has 2 aromatic heterocycles. The minimum Gasteiger partial charge on any atom is -0.444 e. The van der Waals surface area contributed by atoms with E-state index in [0.29, 0.717) is 32.7 Å². The van der Waals surface area contributed by atoms with E-state index in [1.807, 2.05) is 43.7 Å². The van der Waals surface area contributed by atoms with Crippen LogP contribution in [0.2, 0.25) is 0 Å². The van der Waals surface area contributed by atoms with Crippen LogP contribution in [-0.4, -0.2) is 70.8 Å². The summed E-state index contributed by atoms with van der Waals surface area (Å²) in [5.74, 6) is -0.00401. The first-order valence-corrected chi connectivity index (χ1v) is 12.2. The Morgan fingerprint density at radius 1 is 1.10 bits per heavy atom. The number of ether oxygens (including phenoxy) is 1. The molecule has 2 aliphatic heterocycles. The summed E-state index contributed by atoms with van der Waals surface area (Å²) in [6, 6.07) is 8.10. The first-order valence-electron chi connectivity index (χ1n) is 10.5. The highest BCUT2D eigenvalue weighted by atomic mass is 32.1. The van der Waals surface area contributed by atoms with Crippen molar-refractivity contribution in [3.63, 3.8) is 0 Å². The molecule has 2 amide bonds. The third-order valence-electron chi connectivity index (χ3n) is 5.23. The Kier molecular flexibility index (Phi) is 6.45. The van der Waals surface area contributed by atoms with E-state index in [2.05, 4.69) is 17.0 Å². The van der Waals surface area contributed by atoms with E-state index in [1.54, 1.807) is 32.6 Å². The minimum absolute atomic E-state index is 0.00401. The topological polar surface area (TPSA) is 65.5 Å². The standard InChI is InChI=1S/C22H28N4O3S2/c1-22(2,3)29-21(28)25-10-8-24(9-11-25)15-20(27)26-17(19-7-5-13-31-19)14-16(23-26)18-6-4-12-30-18/h4-7,12-13,17H,8-11,14-15H2,1-3H3. The zero-order valence-corrected chi connectivity index (χ0v) is 19.7. The fraction of sp³-hybridized carbons (Fsp3) is 0.500. The summed E-state index contributed by atoms with van der Waals surface area (Å²) < 4.78 is 5.46. The number of rotatable bonds is 4. The fourth-order valence-corrected chi connectivity index (χ4v) is 5.25. The number of amides is 2. The van der Waals surface area contributed by atoms with E-state index >= 15 is 0 Å². The summed E-state index contributed by atoms with van der Waals surface area (Å²) in [5, 5.41) is 10.5. The lowest BCUT2D eigenvalue weighted by atomic mass is 10.1. The van der Waals surface area contributed by atoms with E-state index in [1.165, 1.54) is 0 Å². The van der Waals surface area contributed by atoms with Crippen LogP contribution in [0.15, 0.2) is 40.1 Å². The van der Waals surface area contributed by atoms with Gasteiger partial charge < -0.3 is 9.64 Å². The molecule has 4 rings (SSSR count). The molecule has 166 valence electrons. The summed E-state index contributed by atoms with van der Waals surface area (Å²) in [6.07, 6.45) is 0.445. The zero-order valence-electron chi connectivity index (χ0n) is 18.1. The molecule has 7 nitrogen and oxygen atoms in total. The van der Waals surface area contributed by atoms with Gasteiger partial charge in [-0.3, -0.25) is 9.69 Å². The highest BCUT2D eigenvalue weighted by Crippen LogP contribution is 2.36. The largest absolute Gasteiger partial charge is 0.444 e. The van der Waals surface area contributed by atoms with Gasteiger partial charge in [-0.2, -0.15) is 5.10 Å². The van der Waals surface area contributed by atoms with Crippen LogP contribution in [0.4, 0.5) is 4.79 Å². The van der Waals surface area contributed by atoms with E-state index in [0.717, 1.165) is 21.9 Å². The Morgan fingerprint density at radius 3 is 2.42 bits per heavy atom. The van der Waals surface area contributed by atoms with E-state index < -0.39 is 5.60 Å². The van der Waals surface area contributed by atoms with Crippen LogP contribution in [0.25, 0.3) is 0 Å². The van der Waals surface area contributed by atoms with Gasteiger partial charge in [0.2, 0.25) is 0 Å². The normalized spacial score (nSPS) is 20.1. The number of carbonyl (C=O) groups is 2. The molecule has 0 bridgehead atoms. The van der Waals surface area contributed by atoms with Gasteiger partial charge in [0.25, 0.3) is 5.91 Å². The second kappa shape index (κ2) is 9.10. The maximum atomic E-state index is 13.2. The Labute approximate surface area is 190 Å². The van der Waals surface area contributed by atoms with Gasteiger partial charge in [-0.15, -0.1) is 22.7 Å². The first-order chi connectivity index (χ1) is 14.8. The summed E-state index contributed by atoms with van der Waals surface area (Å²) >= 11 is 3.31. The predicted molar refractivity (Wildman–Crippen MR) is 124 cm³/mol. The van der Waals surface area contributed by atoms with Crippen molar-refractivity contribution in [2.75, 3.05) is 32.7 Å². The van der Waals surface area contributed by atoms with E-state index in [4.69, 9.17) is 9.84 Å². The molecule has 2 aliphatic rings. The molecular weight excluding hydrogens is 432 g/mol. The molecular formula is C22H28N4O3S2. The van der Waals surface area contributed by atoms with Crippen LogP contribution in [0.5, 0.6) is 0 Å². The second-order valence-electron chi connectivity index (χ2n) is 8.74. The van der Waals surface area contributed by atoms with E-state index in [9.17, 15) is 9.59 Å². The Morgan fingerprint density at radius 2 is 1.81 bits per heavy atom. The smallest absolute Gasteiger partial charge is 0.410 e. The quantitative estimate of drug-likeness (QED) is 0.691. The van der Waals surface area contributed by atoms with Gasteiger partial charge in [-0.1, -0.05) is 12.1 Å². The molecule has 9 heteroatoms. The van der Waals surface area contributed by atoms with Crippen molar-refractivity contribution in [1.29, 1.82) is 0 Å². The molecule has 4 heterocycles. The van der Waals surface area contributed by atoms with Crippen molar-refractivity contribution < 1.29 is 14.3 Å². The molecule has 0 radical (unpaired) electrons. The summed E-state index contributed by atoms with van der Waals surface area (Å²) in [5.41, 5.74) is 0.464. The van der Waals surface area contributed by atoms with Gasteiger partial charge >= 0.3 is 6.09 Å². The van der Waals surface area contributed by atoms with Crippen LogP contribution in [0.3, 0.4) is 0 Å². The van der Waals surface area contributed by atoms with Crippen LogP contribution in [-0.2, 0) is 9.53 Å². The maximum Gasteiger partial charge on any atom is 0.410 e. The van der Waals surface area contributed by atoms with Gasteiger partial charge in [0.15, 0.2) is 0 Å². The zero-order chi connectivity index (χ0) is 22.0. The molecule has 1 saturated heterocycles. The van der Waals surface area contributed by atoms with Crippen LogP contribution < -0.4 is 0 Å². The third-order valence-corrected chi connectivity index (χ3v) is 7.12. The van der Waals surface area contributed by atoms with Crippen LogP contribution in [0.1, 0.15) is 43.0 Å². The number of nitrogens with zero attached hydrogens (tertiary/aromatic N) is 4. The predicted octanol–water partition coefficient (Wildman–Crippen LogP) is 4.04. The number of hydrazone groups is 1. The summed E-state index contributed by atoms with van der Waals surface area (Å²) in [6.45, 7) is 8.29. The Balaban J connectivity index is 1.38. The molecule has 0 N–H and O–H groups in total. The SMILES string of the molecule is CC(C)(C)OC(=O)N1CCN(CC(=O)N2N=C(c3cccs3)CC2c2cccs2)CC1. The van der Waals surface area contributed by atoms with Crippen molar-refractivity contribution in [3.05, 3.63) is 44.8 Å². The van der Waals surface area contributed by atoms with Gasteiger partial charge in [0.05, 0.1) is 23.2 Å². The van der Waals surface area contributed by atoms with Crippen molar-refractivity contribution in [2.45, 2.75) is 38.8 Å². The lowest BCUT2D eigenvalue weighted by Crippen LogP contribution is -2.52. The van der Waals surface area contributed by atoms with Crippen molar-refractivity contribution in [1.82, 2.24) is 14.8 Å². The molecule has 0 aliphatic carbocycles. The highest BCUT2D eigenvalue weighted by Gasteiger charge is 2.35. The second-order valence-corrected chi connectivity index (χ2v) is 10.7. The Bertz CT molecular complexity index is 927. The van der Waals surface area contributed by atoms with Gasteiger partial charge in [0.1, 0.15) is 5.60 Å². The molecule has 2 aromatic rings. The molecule has 0 saturated carbocycles. The average Bonchev–Trinajstić information content (AvgIpc) is 3.47. The average molecular weight is 461 g/mol. The number of hydrogen-bond donors (Lipinski definition) is 0. The summed E-state index contributed by atoms with van der Waals surface area (Å²) in [4.78, 5) is 31.6. The van der Waals surface area contributed by atoms with Crippen LogP contribution in [0, 0.1) is 0 Å². The number of hydrogen-bond acceptors (Lipinski definition) is 7. The first kappa shape index (κ1) is 22.0. The maximum absolute atomic E-state index is 13.2. The van der Waals surface area contributed by atoms with Gasteiger partial charge in [0, 0.05) is 37.5 Å². The molecule has 0 aromatic carbocycles.